The van der Waals surface area contributed by atoms with Crippen molar-refractivity contribution in [3.05, 3.63) is 71.8 Å². The van der Waals surface area contributed by atoms with E-state index in [4.69, 9.17) is 0 Å². The Balaban J connectivity index is 1.02. The normalized spacial score (nSPS) is 20.0. The van der Waals surface area contributed by atoms with Gasteiger partial charge < -0.3 is 20.0 Å². The number of aliphatic carboxylic acids is 1. The van der Waals surface area contributed by atoms with Crippen LogP contribution in [0.15, 0.2) is 49.1 Å². The summed E-state index contributed by atoms with van der Waals surface area (Å²) in [5.74, 6) is 1.19. The number of likely N-dealkylation sites (tertiary alicyclic amines) is 2. The number of carboxylic acids is 1. The van der Waals surface area contributed by atoms with Gasteiger partial charge in [0, 0.05) is 69.8 Å². The van der Waals surface area contributed by atoms with E-state index in [1.165, 1.54) is 83.1 Å². The van der Waals surface area contributed by atoms with Crippen molar-refractivity contribution in [1.29, 1.82) is 0 Å². The van der Waals surface area contributed by atoms with Crippen LogP contribution in [0.1, 0.15) is 74.1 Å². The first-order valence-corrected chi connectivity index (χ1v) is 16.5. The molecule has 9 heteroatoms. The summed E-state index contributed by atoms with van der Waals surface area (Å²) in [5.41, 5.74) is 3.01. The molecule has 2 aromatic heterocycles. The summed E-state index contributed by atoms with van der Waals surface area (Å²) in [4.78, 5) is 34.5. The fourth-order valence-electron chi connectivity index (χ4n) is 7.96. The number of imidazole rings is 2. The number of nitrogens with one attached hydrogen (secondary N) is 2. The highest BCUT2D eigenvalue weighted by Crippen LogP contribution is 2.42. The number of nitrogens with zero attached hydrogens (tertiary/aromatic N) is 5. The minimum Gasteiger partial charge on any atom is -0.480 e. The molecule has 232 valence electrons. The lowest BCUT2D eigenvalue weighted by Crippen LogP contribution is -2.46. The third-order valence-corrected chi connectivity index (χ3v) is 10.3. The topological polar surface area (TPSA) is 104 Å². The number of carboxylic acid groups (broad SMARTS) is 1. The van der Waals surface area contributed by atoms with Crippen molar-refractivity contribution in [2.75, 3.05) is 39.3 Å². The van der Waals surface area contributed by atoms with Crippen LogP contribution in [0.3, 0.4) is 0 Å². The molecule has 0 amide bonds. The second-order valence-corrected chi connectivity index (χ2v) is 13.5. The number of aromatic amines is 2. The van der Waals surface area contributed by atoms with Crippen molar-refractivity contribution in [2.45, 2.75) is 83.3 Å². The zero-order chi connectivity index (χ0) is 29.5. The zero-order valence-electron chi connectivity index (χ0n) is 25.6. The van der Waals surface area contributed by atoms with Crippen molar-refractivity contribution in [2.24, 2.45) is 11.3 Å². The van der Waals surface area contributed by atoms with Gasteiger partial charge in [-0.1, -0.05) is 43.5 Å². The summed E-state index contributed by atoms with van der Waals surface area (Å²) in [6.45, 7) is 7.27. The van der Waals surface area contributed by atoms with Crippen molar-refractivity contribution in [1.82, 2.24) is 34.6 Å². The molecule has 0 unspecified atom stereocenters. The zero-order valence-corrected chi connectivity index (χ0v) is 25.6. The number of benzene rings is 1. The lowest BCUT2D eigenvalue weighted by atomic mass is 9.77. The van der Waals surface area contributed by atoms with Crippen LogP contribution in [0.25, 0.3) is 0 Å². The van der Waals surface area contributed by atoms with Gasteiger partial charge >= 0.3 is 5.97 Å². The molecule has 4 heterocycles. The highest BCUT2D eigenvalue weighted by atomic mass is 16.4. The second-order valence-electron chi connectivity index (χ2n) is 13.5. The molecule has 0 bridgehead atoms. The van der Waals surface area contributed by atoms with Crippen LogP contribution >= 0.6 is 0 Å². The van der Waals surface area contributed by atoms with Crippen LogP contribution in [-0.4, -0.2) is 91.0 Å². The Morgan fingerprint density at radius 2 is 1.56 bits per heavy atom. The average Bonchev–Trinajstić information content (AvgIpc) is 3.79. The third kappa shape index (κ3) is 8.34. The molecule has 1 saturated carbocycles. The van der Waals surface area contributed by atoms with Gasteiger partial charge in [0.2, 0.25) is 0 Å². The first-order valence-electron chi connectivity index (χ1n) is 16.5. The molecule has 1 spiro atoms. The largest absolute Gasteiger partial charge is 0.480 e. The Kier molecular flexibility index (Phi) is 9.91. The first kappa shape index (κ1) is 30.0. The van der Waals surface area contributed by atoms with Crippen LogP contribution in [0.4, 0.5) is 0 Å². The Morgan fingerprint density at radius 3 is 2.16 bits per heavy atom. The summed E-state index contributed by atoms with van der Waals surface area (Å²) < 4.78 is 0. The minimum absolute atomic E-state index is 0.00258. The highest BCUT2D eigenvalue weighted by molar-refractivity contribution is 5.69. The maximum absolute atomic E-state index is 11.8. The molecule has 2 aliphatic heterocycles. The molecule has 0 atom stereocenters. The quantitative estimate of drug-likeness (QED) is 0.265. The SMILES string of the molecule is O=C(O)CN(Cc1ccc(CN2CCC3(CCN(C4CCCCC4)CC3)C2)cc1)CC(Cc1ncc[nH]1)Cc1ncc[nH]1. The van der Waals surface area contributed by atoms with Crippen LogP contribution in [0.5, 0.6) is 0 Å². The molecule has 3 N–H and O–H groups in total. The van der Waals surface area contributed by atoms with Crippen LogP contribution < -0.4 is 0 Å². The number of piperidine rings is 1. The van der Waals surface area contributed by atoms with Crippen molar-refractivity contribution < 1.29 is 9.90 Å². The lowest BCUT2D eigenvalue weighted by molar-refractivity contribution is -0.138. The summed E-state index contributed by atoms with van der Waals surface area (Å²) in [5, 5.41) is 9.69. The van der Waals surface area contributed by atoms with E-state index in [2.05, 4.69) is 54.0 Å². The molecule has 3 aromatic rings. The van der Waals surface area contributed by atoms with Crippen molar-refractivity contribution >= 4 is 5.97 Å². The van der Waals surface area contributed by atoms with Crippen molar-refractivity contribution in [3.63, 3.8) is 0 Å². The predicted octanol–water partition coefficient (Wildman–Crippen LogP) is 4.74. The lowest BCUT2D eigenvalue weighted by Gasteiger charge is -2.43. The molecule has 1 aliphatic carbocycles. The van der Waals surface area contributed by atoms with Crippen LogP contribution in [0.2, 0.25) is 0 Å². The van der Waals surface area contributed by atoms with Gasteiger partial charge in [0.15, 0.2) is 0 Å². The predicted molar refractivity (Wildman–Crippen MR) is 167 cm³/mol. The van der Waals surface area contributed by atoms with Gasteiger partial charge in [-0.3, -0.25) is 14.6 Å². The third-order valence-electron chi connectivity index (χ3n) is 10.3. The van der Waals surface area contributed by atoms with E-state index in [-0.39, 0.29) is 12.5 Å². The van der Waals surface area contributed by atoms with Crippen molar-refractivity contribution in [3.8, 4) is 0 Å². The Labute approximate surface area is 256 Å². The fourth-order valence-corrected chi connectivity index (χ4v) is 7.96. The number of carbonyl (C=O) groups is 1. The summed E-state index contributed by atoms with van der Waals surface area (Å²) in [6.07, 6.45) is 19.8. The number of aromatic nitrogens is 4. The molecule has 3 fully saturated rings. The number of hydrogen-bond donors (Lipinski definition) is 3. The summed E-state index contributed by atoms with van der Waals surface area (Å²) >= 11 is 0. The van der Waals surface area contributed by atoms with E-state index < -0.39 is 5.97 Å². The minimum atomic E-state index is -0.807. The van der Waals surface area contributed by atoms with Gasteiger partial charge in [-0.15, -0.1) is 0 Å². The van der Waals surface area contributed by atoms with E-state index in [0.29, 0.717) is 18.5 Å². The second kappa shape index (κ2) is 14.2. The Hall–Kier alpha value is -3.01. The van der Waals surface area contributed by atoms with E-state index in [9.17, 15) is 9.90 Å². The molecule has 43 heavy (non-hydrogen) atoms. The van der Waals surface area contributed by atoms with Gasteiger partial charge in [-0.05, 0) is 74.2 Å². The van der Waals surface area contributed by atoms with Crippen LogP contribution in [0, 0.1) is 11.3 Å². The molecular formula is C34H49N7O2. The monoisotopic (exact) mass is 587 g/mol. The Bertz CT molecular complexity index is 1210. The fraction of sp³-hybridized carbons (Fsp3) is 0.618. The smallest absolute Gasteiger partial charge is 0.317 e. The first-order chi connectivity index (χ1) is 21.0. The maximum atomic E-state index is 11.8. The highest BCUT2D eigenvalue weighted by Gasteiger charge is 2.41. The van der Waals surface area contributed by atoms with E-state index in [0.717, 1.165) is 42.6 Å². The molecule has 1 aromatic carbocycles. The molecular weight excluding hydrogens is 538 g/mol. The molecule has 0 radical (unpaired) electrons. The Morgan fingerprint density at radius 1 is 0.930 bits per heavy atom. The van der Waals surface area contributed by atoms with E-state index in [1.54, 1.807) is 12.4 Å². The van der Waals surface area contributed by atoms with Gasteiger partial charge in [0.1, 0.15) is 11.6 Å². The van der Waals surface area contributed by atoms with Gasteiger partial charge in [0.05, 0.1) is 6.54 Å². The van der Waals surface area contributed by atoms with E-state index in [1.807, 2.05) is 17.3 Å². The van der Waals surface area contributed by atoms with Crippen LogP contribution in [-0.2, 0) is 30.7 Å². The molecule has 3 aliphatic rings. The van der Waals surface area contributed by atoms with Gasteiger partial charge in [0.25, 0.3) is 0 Å². The maximum Gasteiger partial charge on any atom is 0.317 e. The van der Waals surface area contributed by atoms with Gasteiger partial charge in [-0.2, -0.15) is 0 Å². The summed E-state index contributed by atoms with van der Waals surface area (Å²) in [6, 6.07) is 9.72. The number of rotatable bonds is 13. The average molecular weight is 588 g/mol. The summed E-state index contributed by atoms with van der Waals surface area (Å²) in [7, 11) is 0. The standard InChI is InChI=1S/C34H49N7O2/c42-33(43)25-40(24-29(20-31-35-13-14-36-31)21-32-37-15-16-38-32)23-28-8-6-27(7-9-28)22-39-17-10-34(26-39)11-18-41(19-12-34)30-4-2-1-3-5-30/h6-9,13-16,29-30H,1-5,10-12,17-26H2,(H,35,36)(H,37,38)(H,42,43). The number of H-pyrrole nitrogens is 2. The number of hydrogen-bond acceptors (Lipinski definition) is 6. The van der Waals surface area contributed by atoms with E-state index >= 15 is 0 Å². The molecule has 6 rings (SSSR count). The van der Waals surface area contributed by atoms with Gasteiger partial charge in [-0.25, -0.2) is 9.97 Å². The molecule has 2 saturated heterocycles. The molecule has 9 nitrogen and oxygen atoms in total.